The molecule has 1 amide bonds. The maximum Gasteiger partial charge on any atom is 0.239 e. The van der Waals surface area contributed by atoms with Crippen molar-refractivity contribution in [1.29, 1.82) is 0 Å². The summed E-state index contributed by atoms with van der Waals surface area (Å²) in [6.07, 6.45) is 2.09. The number of rotatable bonds is 6. The highest BCUT2D eigenvalue weighted by Crippen LogP contribution is 2.08. The molecule has 4 heteroatoms. The Balaban J connectivity index is 2.32. The van der Waals surface area contributed by atoms with Crippen LogP contribution in [0.25, 0.3) is 0 Å². The molecule has 1 N–H and O–H groups in total. The summed E-state index contributed by atoms with van der Waals surface area (Å²) in [5.74, 6) is 0.231. The lowest BCUT2D eigenvalue weighted by atomic mass is 10.2. The molecule has 15 heavy (non-hydrogen) atoms. The summed E-state index contributed by atoms with van der Waals surface area (Å²) in [6, 6.07) is 0.0478. The number of nitrogens with one attached hydrogen (secondary N) is 1. The van der Waals surface area contributed by atoms with Crippen molar-refractivity contribution in [2.75, 3.05) is 32.8 Å². The van der Waals surface area contributed by atoms with Crippen molar-refractivity contribution in [2.24, 2.45) is 0 Å². The first-order valence-corrected chi connectivity index (χ1v) is 5.89. The minimum absolute atomic E-state index is 0.0478. The molecule has 0 saturated carbocycles. The van der Waals surface area contributed by atoms with E-state index in [2.05, 4.69) is 5.32 Å². The highest BCUT2D eigenvalue weighted by molar-refractivity contribution is 5.82. The molecule has 1 unspecified atom stereocenters. The predicted molar refractivity (Wildman–Crippen MR) is 59.8 cm³/mol. The van der Waals surface area contributed by atoms with Crippen LogP contribution in [0, 0.1) is 0 Å². The molecular formula is C11H22N2O2. The first-order chi connectivity index (χ1) is 7.29. The van der Waals surface area contributed by atoms with Gasteiger partial charge in [-0.05, 0) is 33.2 Å². The van der Waals surface area contributed by atoms with Crippen LogP contribution in [-0.2, 0) is 9.53 Å². The summed E-state index contributed by atoms with van der Waals surface area (Å²) >= 11 is 0. The van der Waals surface area contributed by atoms with Gasteiger partial charge in [-0.25, -0.2) is 0 Å². The van der Waals surface area contributed by atoms with E-state index in [9.17, 15) is 4.79 Å². The molecule has 0 aromatic carbocycles. The van der Waals surface area contributed by atoms with Crippen LogP contribution in [0.2, 0.25) is 0 Å². The molecule has 88 valence electrons. The molecule has 1 saturated heterocycles. The first kappa shape index (κ1) is 12.5. The smallest absolute Gasteiger partial charge is 0.239 e. The summed E-state index contributed by atoms with van der Waals surface area (Å²) in [5, 5.41) is 3.23. The van der Waals surface area contributed by atoms with Gasteiger partial charge in [0.1, 0.15) is 0 Å². The normalized spacial score (nSPS) is 20.5. The van der Waals surface area contributed by atoms with Gasteiger partial charge < -0.3 is 15.0 Å². The second-order valence-corrected chi connectivity index (χ2v) is 3.76. The number of hydrogen-bond donors (Lipinski definition) is 1. The maximum atomic E-state index is 12.0. The van der Waals surface area contributed by atoms with E-state index in [1.165, 1.54) is 0 Å². The van der Waals surface area contributed by atoms with Gasteiger partial charge in [-0.15, -0.1) is 0 Å². The average molecular weight is 214 g/mol. The Morgan fingerprint density at radius 2 is 2.33 bits per heavy atom. The molecule has 1 aliphatic heterocycles. The molecule has 0 radical (unpaired) electrons. The Morgan fingerprint density at radius 3 is 2.87 bits per heavy atom. The van der Waals surface area contributed by atoms with E-state index in [0.717, 1.165) is 25.9 Å². The van der Waals surface area contributed by atoms with Crippen LogP contribution < -0.4 is 5.32 Å². The minimum atomic E-state index is 0.0478. The zero-order valence-corrected chi connectivity index (χ0v) is 9.79. The minimum Gasteiger partial charge on any atom is -0.380 e. The molecule has 0 aromatic heterocycles. The fraction of sp³-hybridized carbons (Fsp3) is 0.909. The Hall–Kier alpha value is -0.610. The Kier molecular flexibility index (Phi) is 5.65. The molecule has 0 spiro atoms. The first-order valence-electron chi connectivity index (χ1n) is 5.89. The molecular weight excluding hydrogens is 192 g/mol. The highest BCUT2D eigenvalue weighted by atomic mass is 16.5. The number of amides is 1. The average Bonchev–Trinajstić information content (AvgIpc) is 2.77. The van der Waals surface area contributed by atoms with E-state index in [4.69, 9.17) is 4.74 Å². The number of carbonyl (C=O) groups is 1. The zero-order chi connectivity index (χ0) is 11.1. The third kappa shape index (κ3) is 3.80. The Bertz CT molecular complexity index is 191. The van der Waals surface area contributed by atoms with Crippen molar-refractivity contribution in [3.63, 3.8) is 0 Å². The van der Waals surface area contributed by atoms with Crippen LogP contribution in [0.5, 0.6) is 0 Å². The summed E-state index contributed by atoms with van der Waals surface area (Å²) in [7, 11) is 0. The third-order valence-corrected chi connectivity index (χ3v) is 2.76. The van der Waals surface area contributed by atoms with E-state index in [1.807, 2.05) is 18.7 Å². The number of likely N-dealkylation sites (N-methyl/N-ethyl adjacent to an activating group) is 1. The van der Waals surface area contributed by atoms with Crippen molar-refractivity contribution in [1.82, 2.24) is 10.2 Å². The highest BCUT2D eigenvalue weighted by Gasteiger charge is 2.25. The fourth-order valence-corrected chi connectivity index (χ4v) is 1.86. The summed E-state index contributed by atoms with van der Waals surface area (Å²) in [6.45, 7) is 7.79. The van der Waals surface area contributed by atoms with E-state index in [1.54, 1.807) is 0 Å². The van der Waals surface area contributed by atoms with E-state index in [0.29, 0.717) is 19.8 Å². The van der Waals surface area contributed by atoms with Gasteiger partial charge in [0.2, 0.25) is 5.91 Å². The molecule has 0 bridgehead atoms. The topological polar surface area (TPSA) is 41.6 Å². The van der Waals surface area contributed by atoms with Gasteiger partial charge in [0.15, 0.2) is 0 Å². The third-order valence-electron chi connectivity index (χ3n) is 2.76. The second kappa shape index (κ2) is 6.80. The molecule has 1 rings (SSSR count). The number of hydrogen-bond acceptors (Lipinski definition) is 3. The van der Waals surface area contributed by atoms with Crippen molar-refractivity contribution < 1.29 is 9.53 Å². The molecule has 0 aromatic rings. The Morgan fingerprint density at radius 1 is 1.53 bits per heavy atom. The summed E-state index contributed by atoms with van der Waals surface area (Å²) < 4.78 is 5.26. The number of nitrogens with zero attached hydrogens (tertiary/aromatic N) is 1. The summed E-state index contributed by atoms with van der Waals surface area (Å²) in [5.41, 5.74) is 0. The van der Waals surface area contributed by atoms with Gasteiger partial charge in [0, 0.05) is 19.7 Å². The lowest BCUT2D eigenvalue weighted by Crippen LogP contribution is -2.44. The van der Waals surface area contributed by atoms with Crippen LogP contribution in [0.1, 0.15) is 26.7 Å². The van der Waals surface area contributed by atoms with Crippen LogP contribution in [0.4, 0.5) is 0 Å². The molecule has 1 fully saturated rings. The lowest BCUT2D eigenvalue weighted by molar-refractivity contribution is -0.133. The van der Waals surface area contributed by atoms with Crippen LogP contribution in [-0.4, -0.2) is 49.7 Å². The van der Waals surface area contributed by atoms with Gasteiger partial charge in [-0.1, -0.05) is 0 Å². The van der Waals surface area contributed by atoms with Crippen molar-refractivity contribution in [3.8, 4) is 0 Å². The standard InChI is InChI=1S/C11H22N2O2/c1-3-13(8-9-15-4-2)11(14)10-6-5-7-12-10/h10,12H,3-9H2,1-2H3. The van der Waals surface area contributed by atoms with E-state index >= 15 is 0 Å². The SMILES string of the molecule is CCOCCN(CC)C(=O)C1CCCN1. The van der Waals surface area contributed by atoms with Crippen LogP contribution in [0.15, 0.2) is 0 Å². The zero-order valence-electron chi connectivity index (χ0n) is 9.79. The molecule has 0 aliphatic carbocycles. The van der Waals surface area contributed by atoms with Crippen molar-refractivity contribution in [2.45, 2.75) is 32.7 Å². The van der Waals surface area contributed by atoms with Crippen molar-refractivity contribution in [3.05, 3.63) is 0 Å². The maximum absolute atomic E-state index is 12.0. The van der Waals surface area contributed by atoms with Crippen LogP contribution >= 0.6 is 0 Å². The second-order valence-electron chi connectivity index (χ2n) is 3.76. The van der Waals surface area contributed by atoms with Gasteiger partial charge in [-0.2, -0.15) is 0 Å². The van der Waals surface area contributed by atoms with Gasteiger partial charge >= 0.3 is 0 Å². The number of ether oxygens (including phenoxy) is 1. The molecule has 4 nitrogen and oxygen atoms in total. The predicted octanol–water partition coefficient (Wildman–Crippen LogP) is 0.623. The number of carbonyl (C=O) groups excluding carboxylic acids is 1. The molecule has 1 aliphatic rings. The lowest BCUT2D eigenvalue weighted by Gasteiger charge is -2.24. The van der Waals surface area contributed by atoms with Gasteiger partial charge in [0.05, 0.1) is 12.6 Å². The van der Waals surface area contributed by atoms with Gasteiger partial charge in [-0.3, -0.25) is 4.79 Å². The molecule has 1 heterocycles. The quantitative estimate of drug-likeness (QED) is 0.659. The molecule has 1 atom stereocenters. The van der Waals surface area contributed by atoms with Crippen LogP contribution in [0.3, 0.4) is 0 Å². The van der Waals surface area contributed by atoms with Gasteiger partial charge in [0.25, 0.3) is 0 Å². The van der Waals surface area contributed by atoms with E-state index < -0.39 is 0 Å². The van der Waals surface area contributed by atoms with Crippen molar-refractivity contribution >= 4 is 5.91 Å². The monoisotopic (exact) mass is 214 g/mol. The Labute approximate surface area is 92.0 Å². The summed E-state index contributed by atoms with van der Waals surface area (Å²) in [4.78, 5) is 13.9. The van der Waals surface area contributed by atoms with E-state index in [-0.39, 0.29) is 11.9 Å². The largest absolute Gasteiger partial charge is 0.380 e. The fourth-order valence-electron chi connectivity index (χ4n) is 1.86.